The summed E-state index contributed by atoms with van der Waals surface area (Å²) in [6.45, 7) is 3.79. The van der Waals surface area contributed by atoms with Crippen LogP contribution in [-0.2, 0) is 11.3 Å². The maximum atomic E-state index is 13.7. The van der Waals surface area contributed by atoms with E-state index in [2.05, 4.69) is 5.32 Å². The minimum Gasteiger partial charge on any atom is -0.341 e. The molecule has 3 nitrogen and oxygen atoms in total. The second-order valence-corrected chi connectivity index (χ2v) is 5.54. The molecule has 1 aromatic carbocycles. The number of hydrogen-bond donors (Lipinski definition) is 1. The highest BCUT2D eigenvalue weighted by atomic mass is 35.5. The van der Waals surface area contributed by atoms with Crippen LogP contribution in [0.15, 0.2) is 18.2 Å². The van der Waals surface area contributed by atoms with Crippen LogP contribution in [0.3, 0.4) is 0 Å². The SMILES string of the molecule is C[C@@H]1CNC[C@H]1C(=O)N(C)Cc1c(F)cccc1Cl. The molecule has 1 fully saturated rings. The smallest absolute Gasteiger partial charge is 0.227 e. The first-order chi connectivity index (χ1) is 9.00. The van der Waals surface area contributed by atoms with Gasteiger partial charge in [-0.2, -0.15) is 0 Å². The highest BCUT2D eigenvalue weighted by Crippen LogP contribution is 2.23. The van der Waals surface area contributed by atoms with Crippen molar-refractivity contribution in [1.29, 1.82) is 0 Å². The van der Waals surface area contributed by atoms with Crippen LogP contribution in [0.25, 0.3) is 0 Å². The summed E-state index contributed by atoms with van der Waals surface area (Å²) in [5.74, 6) is -0.0526. The van der Waals surface area contributed by atoms with Crippen molar-refractivity contribution in [2.24, 2.45) is 11.8 Å². The average Bonchev–Trinajstić information content (AvgIpc) is 2.79. The molecule has 2 atom stereocenters. The van der Waals surface area contributed by atoms with Crippen LogP contribution < -0.4 is 5.32 Å². The van der Waals surface area contributed by atoms with Gasteiger partial charge in [0, 0.05) is 30.7 Å². The fourth-order valence-electron chi connectivity index (χ4n) is 2.42. The third-order valence-electron chi connectivity index (χ3n) is 3.67. The van der Waals surface area contributed by atoms with E-state index >= 15 is 0 Å². The van der Waals surface area contributed by atoms with Gasteiger partial charge in [0.25, 0.3) is 0 Å². The molecule has 0 spiro atoms. The molecule has 104 valence electrons. The van der Waals surface area contributed by atoms with Gasteiger partial charge in [-0.05, 0) is 24.6 Å². The molecule has 0 unspecified atom stereocenters. The molecule has 0 bridgehead atoms. The summed E-state index contributed by atoms with van der Waals surface area (Å²) in [4.78, 5) is 13.9. The van der Waals surface area contributed by atoms with Gasteiger partial charge in [0.05, 0.1) is 5.92 Å². The molecule has 19 heavy (non-hydrogen) atoms. The zero-order valence-electron chi connectivity index (χ0n) is 11.1. The molecule has 1 N–H and O–H groups in total. The van der Waals surface area contributed by atoms with Gasteiger partial charge in [-0.1, -0.05) is 24.6 Å². The Labute approximate surface area is 117 Å². The van der Waals surface area contributed by atoms with E-state index in [-0.39, 0.29) is 24.2 Å². The fourth-order valence-corrected chi connectivity index (χ4v) is 2.64. The van der Waals surface area contributed by atoms with Crippen LogP contribution in [0, 0.1) is 17.7 Å². The van der Waals surface area contributed by atoms with Crippen molar-refractivity contribution >= 4 is 17.5 Å². The predicted octanol–water partition coefficient (Wildman–Crippen LogP) is 2.29. The zero-order chi connectivity index (χ0) is 14.0. The van der Waals surface area contributed by atoms with Crippen molar-refractivity contribution in [3.05, 3.63) is 34.6 Å². The fraction of sp³-hybridized carbons (Fsp3) is 0.500. The van der Waals surface area contributed by atoms with Crippen LogP contribution in [0.1, 0.15) is 12.5 Å². The summed E-state index contributed by atoms with van der Waals surface area (Å²) in [5.41, 5.74) is 0.374. The number of carbonyl (C=O) groups excluding carboxylic acids is 1. The second-order valence-electron chi connectivity index (χ2n) is 5.14. The minimum absolute atomic E-state index is 0.0319. The van der Waals surface area contributed by atoms with E-state index < -0.39 is 0 Å². The molecule has 0 radical (unpaired) electrons. The van der Waals surface area contributed by atoms with Gasteiger partial charge in [0.2, 0.25) is 5.91 Å². The third kappa shape index (κ3) is 3.07. The average molecular weight is 285 g/mol. The van der Waals surface area contributed by atoms with Crippen LogP contribution in [-0.4, -0.2) is 30.9 Å². The summed E-state index contributed by atoms with van der Waals surface area (Å²) in [6.07, 6.45) is 0. The lowest BCUT2D eigenvalue weighted by Gasteiger charge is -2.23. The Bertz CT molecular complexity index is 460. The molecule has 1 aliphatic rings. The molecule has 1 heterocycles. The first kappa shape index (κ1) is 14.3. The number of rotatable bonds is 3. The Morgan fingerprint density at radius 1 is 1.53 bits per heavy atom. The largest absolute Gasteiger partial charge is 0.341 e. The monoisotopic (exact) mass is 284 g/mol. The molecule has 0 aromatic heterocycles. The summed E-state index contributed by atoms with van der Waals surface area (Å²) < 4.78 is 13.7. The normalized spacial score (nSPS) is 22.5. The Morgan fingerprint density at radius 2 is 2.26 bits per heavy atom. The van der Waals surface area contributed by atoms with Gasteiger partial charge in [-0.25, -0.2) is 4.39 Å². The molecule has 2 rings (SSSR count). The van der Waals surface area contributed by atoms with E-state index in [1.807, 2.05) is 6.92 Å². The maximum absolute atomic E-state index is 13.7. The lowest BCUT2D eigenvalue weighted by Crippen LogP contribution is -2.36. The molecule has 5 heteroatoms. The van der Waals surface area contributed by atoms with Crippen LogP contribution in [0.4, 0.5) is 4.39 Å². The first-order valence-electron chi connectivity index (χ1n) is 6.39. The van der Waals surface area contributed by atoms with Crippen molar-refractivity contribution in [2.45, 2.75) is 13.5 Å². The van der Waals surface area contributed by atoms with Gasteiger partial charge < -0.3 is 10.2 Å². The summed E-state index contributed by atoms with van der Waals surface area (Å²) in [7, 11) is 1.69. The topological polar surface area (TPSA) is 32.3 Å². The lowest BCUT2D eigenvalue weighted by atomic mass is 9.96. The summed E-state index contributed by atoms with van der Waals surface area (Å²) >= 11 is 5.98. The number of benzene rings is 1. The van der Waals surface area contributed by atoms with E-state index in [1.54, 1.807) is 24.1 Å². The Hall–Kier alpha value is -1.13. The number of amides is 1. The van der Waals surface area contributed by atoms with Crippen LogP contribution in [0.2, 0.25) is 5.02 Å². The highest BCUT2D eigenvalue weighted by Gasteiger charge is 2.31. The van der Waals surface area contributed by atoms with Gasteiger partial charge in [-0.3, -0.25) is 4.79 Å². The van der Waals surface area contributed by atoms with Crippen molar-refractivity contribution in [3.8, 4) is 0 Å². The molecule has 0 saturated carbocycles. The Morgan fingerprint density at radius 3 is 2.84 bits per heavy atom. The van der Waals surface area contributed by atoms with Crippen molar-refractivity contribution < 1.29 is 9.18 Å². The van der Waals surface area contributed by atoms with E-state index in [9.17, 15) is 9.18 Å². The van der Waals surface area contributed by atoms with Crippen LogP contribution >= 0.6 is 11.6 Å². The summed E-state index contributed by atoms with van der Waals surface area (Å²) in [6, 6.07) is 4.56. The van der Waals surface area contributed by atoms with Gasteiger partial charge in [0.1, 0.15) is 5.82 Å². The molecule has 1 amide bonds. The van der Waals surface area contributed by atoms with E-state index in [0.29, 0.717) is 23.0 Å². The highest BCUT2D eigenvalue weighted by molar-refractivity contribution is 6.31. The lowest BCUT2D eigenvalue weighted by molar-refractivity contribution is -0.135. The quantitative estimate of drug-likeness (QED) is 0.924. The first-order valence-corrected chi connectivity index (χ1v) is 6.77. The van der Waals surface area contributed by atoms with Crippen molar-refractivity contribution in [2.75, 3.05) is 20.1 Å². The molecule has 1 saturated heterocycles. The van der Waals surface area contributed by atoms with Crippen molar-refractivity contribution in [3.63, 3.8) is 0 Å². The maximum Gasteiger partial charge on any atom is 0.227 e. The van der Waals surface area contributed by atoms with Gasteiger partial charge in [0.15, 0.2) is 0 Å². The Kier molecular flexibility index (Phi) is 4.42. The van der Waals surface area contributed by atoms with Gasteiger partial charge >= 0.3 is 0 Å². The number of halogens is 2. The molecule has 1 aromatic rings. The number of hydrogen-bond acceptors (Lipinski definition) is 2. The third-order valence-corrected chi connectivity index (χ3v) is 4.02. The van der Waals surface area contributed by atoms with Crippen molar-refractivity contribution in [1.82, 2.24) is 10.2 Å². The van der Waals surface area contributed by atoms with E-state index in [0.717, 1.165) is 6.54 Å². The molecule has 1 aliphatic heterocycles. The minimum atomic E-state index is -0.371. The number of nitrogens with one attached hydrogen (secondary N) is 1. The van der Waals surface area contributed by atoms with E-state index in [4.69, 9.17) is 11.6 Å². The zero-order valence-corrected chi connectivity index (χ0v) is 11.9. The summed E-state index contributed by atoms with van der Waals surface area (Å²) in [5, 5.41) is 3.56. The van der Waals surface area contributed by atoms with Gasteiger partial charge in [-0.15, -0.1) is 0 Å². The molecule has 0 aliphatic carbocycles. The van der Waals surface area contributed by atoms with E-state index in [1.165, 1.54) is 6.07 Å². The van der Waals surface area contributed by atoms with Crippen LogP contribution in [0.5, 0.6) is 0 Å². The molecular formula is C14H18ClFN2O. The standard InChI is InChI=1S/C14H18ClFN2O/c1-9-6-17-7-10(9)14(19)18(2)8-11-12(15)4-3-5-13(11)16/h3-5,9-10,17H,6-8H2,1-2H3/t9-,10-/m1/s1. The Balaban J connectivity index is 2.08. The molecular weight excluding hydrogens is 267 g/mol. The number of nitrogens with zero attached hydrogens (tertiary/aromatic N) is 1. The second kappa shape index (κ2) is 5.88. The number of carbonyl (C=O) groups is 1. The predicted molar refractivity (Wildman–Crippen MR) is 73.4 cm³/mol.